The molecule has 0 bridgehead atoms. The van der Waals surface area contributed by atoms with Gasteiger partial charge >= 0.3 is 0 Å². The van der Waals surface area contributed by atoms with E-state index >= 15 is 0 Å². The number of hydrogen-bond donors (Lipinski definition) is 1. The van der Waals surface area contributed by atoms with Crippen molar-refractivity contribution in [1.29, 1.82) is 0 Å². The van der Waals surface area contributed by atoms with Crippen LogP contribution < -0.4 is 5.32 Å². The molecule has 20 heavy (non-hydrogen) atoms. The molecule has 0 atom stereocenters. The van der Waals surface area contributed by atoms with Crippen LogP contribution in [0.3, 0.4) is 0 Å². The third kappa shape index (κ3) is 2.38. The second-order valence-electron chi connectivity index (χ2n) is 4.60. The van der Waals surface area contributed by atoms with Crippen molar-refractivity contribution in [2.75, 3.05) is 0 Å². The van der Waals surface area contributed by atoms with E-state index in [1.165, 1.54) is 10.1 Å². The van der Waals surface area contributed by atoms with Crippen molar-refractivity contribution >= 4 is 11.6 Å². The van der Waals surface area contributed by atoms with Gasteiger partial charge in [0.05, 0.1) is 6.20 Å². The van der Waals surface area contributed by atoms with E-state index in [1.807, 2.05) is 25.1 Å². The second-order valence-corrected chi connectivity index (χ2v) is 4.60. The van der Waals surface area contributed by atoms with Gasteiger partial charge in [0.15, 0.2) is 5.65 Å². The van der Waals surface area contributed by atoms with Crippen LogP contribution in [0.1, 0.15) is 21.6 Å². The number of aromatic nitrogens is 3. The summed E-state index contributed by atoms with van der Waals surface area (Å²) < 4.78 is 1.53. The number of amides is 1. The van der Waals surface area contributed by atoms with Crippen molar-refractivity contribution in [1.82, 2.24) is 19.9 Å². The van der Waals surface area contributed by atoms with Crippen LogP contribution in [-0.2, 0) is 6.54 Å². The number of fused-ring (bicyclic) bond motifs is 1. The van der Waals surface area contributed by atoms with Crippen LogP contribution in [0.25, 0.3) is 5.65 Å². The van der Waals surface area contributed by atoms with Crippen molar-refractivity contribution in [3.63, 3.8) is 0 Å². The lowest BCUT2D eigenvalue weighted by Gasteiger charge is -2.07. The number of nitrogens with one attached hydrogen (secondary N) is 1. The van der Waals surface area contributed by atoms with Gasteiger partial charge in [-0.25, -0.2) is 9.50 Å². The van der Waals surface area contributed by atoms with E-state index in [0.29, 0.717) is 17.9 Å². The van der Waals surface area contributed by atoms with Crippen LogP contribution in [0, 0.1) is 6.92 Å². The molecule has 2 heterocycles. The molecule has 0 saturated heterocycles. The number of aryl methyl sites for hydroxylation is 1. The number of hydrogen-bond acceptors (Lipinski definition) is 3. The fourth-order valence-corrected chi connectivity index (χ4v) is 2.10. The highest BCUT2D eigenvalue weighted by atomic mass is 16.1. The summed E-state index contributed by atoms with van der Waals surface area (Å²) in [5.41, 5.74) is 3.39. The Morgan fingerprint density at radius 2 is 2.15 bits per heavy atom. The average Bonchev–Trinajstić information content (AvgIpc) is 2.93. The predicted octanol–water partition coefficient (Wildman–Crippen LogP) is 1.97. The molecule has 0 saturated carbocycles. The minimum absolute atomic E-state index is 0.164. The first kappa shape index (κ1) is 12.3. The van der Waals surface area contributed by atoms with Gasteiger partial charge < -0.3 is 5.32 Å². The van der Waals surface area contributed by atoms with Gasteiger partial charge in [-0.15, -0.1) is 0 Å². The summed E-state index contributed by atoms with van der Waals surface area (Å²) in [5, 5.41) is 7.00. The highest BCUT2D eigenvalue weighted by molar-refractivity contribution is 5.92. The molecule has 1 amide bonds. The monoisotopic (exact) mass is 266 g/mol. The Hall–Kier alpha value is -2.69. The number of nitrogens with zero attached hydrogens (tertiary/aromatic N) is 3. The Balaban J connectivity index is 1.78. The quantitative estimate of drug-likeness (QED) is 0.788. The van der Waals surface area contributed by atoms with Gasteiger partial charge in [-0.1, -0.05) is 29.8 Å². The first-order valence-electron chi connectivity index (χ1n) is 6.36. The molecule has 3 rings (SSSR count). The number of carbonyl (C=O) groups is 1. The second kappa shape index (κ2) is 5.13. The lowest BCUT2D eigenvalue weighted by atomic mass is 10.1. The molecule has 0 radical (unpaired) electrons. The van der Waals surface area contributed by atoms with Crippen LogP contribution in [0.2, 0.25) is 0 Å². The van der Waals surface area contributed by atoms with Gasteiger partial charge in [0, 0.05) is 18.8 Å². The van der Waals surface area contributed by atoms with Gasteiger partial charge in [0.1, 0.15) is 5.69 Å². The van der Waals surface area contributed by atoms with E-state index in [2.05, 4.69) is 21.5 Å². The fraction of sp³-hybridized carbons (Fsp3) is 0.133. The average molecular weight is 266 g/mol. The molecular formula is C15H14N4O. The summed E-state index contributed by atoms with van der Waals surface area (Å²) in [6.45, 7) is 2.52. The molecule has 3 aromatic rings. The fourth-order valence-electron chi connectivity index (χ4n) is 2.10. The number of benzene rings is 1. The molecule has 0 aliphatic carbocycles. The van der Waals surface area contributed by atoms with Gasteiger partial charge in [-0.3, -0.25) is 4.79 Å². The van der Waals surface area contributed by atoms with Crippen molar-refractivity contribution in [3.05, 3.63) is 65.6 Å². The number of carbonyl (C=O) groups excluding carboxylic acids is 1. The van der Waals surface area contributed by atoms with Crippen LogP contribution >= 0.6 is 0 Å². The molecule has 0 fully saturated rings. The molecule has 2 aromatic heterocycles. The van der Waals surface area contributed by atoms with Crippen molar-refractivity contribution < 1.29 is 4.79 Å². The first-order chi connectivity index (χ1) is 9.74. The molecular weight excluding hydrogens is 252 g/mol. The zero-order valence-corrected chi connectivity index (χ0v) is 11.1. The van der Waals surface area contributed by atoms with Gasteiger partial charge in [0.25, 0.3) is 5.91 Å². The zero-order valence-electron chi connectivity index (χ0n) is 11.1. The molecule has 100 valence electrons. The molecule has 1 aromatic carbocycles. The highest BCUT2D eigenvalue weighted by Gasteiger charge is 2.10. The SMILES string of the molecule is Cc1cccc(CNC(=O)c2ccnc3ccnn23)c1. The molecule has 0 aliphatic rings. The highest BCUT2D eigenvalue weighted by Crippen LogP contribution is 2.06. The third-order valence-electron chi connectivity index (χ3n) is 3.06. The Morgan fingerprint density at radius 3 is 3.00 bits per heavy atom. The van der Waals surface area contributed by atoms with Crippen LogP contribution in [0.4, 0.5) is 0 Å². The summed E-state index contributed by atoms with van der Waals surface area (Å²) in [5.74, 6) is -0.164. The van der Waals surface area contributed by atoms with E-state index in [-0.39, 0.29) is 5.91 Å². The van der Waals surface area contributed by atoms with E-state index in [1.54, 1.807) is 24.5 Å². The predicted molar refractivity (Wildman–Crippen MR) is 75.3 cm³/mol. The van der Waals surface area contributed by atoms with E-state index in [4.69, 9.17) is 0 Å². The minimum atomic E-state index is -0.164. The standard InChI is InChI=1S/C15H14N4O/c1-11-3-2-4-12(9-11)10-17-15(20)13-5-7-16-14-6-8-18-19(13)14/h2-9H,10H2,1H3,(H,17,20). The van der Waals surface area contributed by atoms with Gasteiger partial charge in [-0.05, 0) is 18.6 Å². The summed E-state index contributed by atoms with van der Waals surface area (Å²) >= 11 is 0. The maximum Gasteiger partial charge on any atom is 0.270 e. The maximum absolute atomic E-state index is 12.2. The molecule has 0 unspecified atom stereocenters. The summed E-state index contributed by atoms with van der Waals surface area (Å²) in [4.78, 5) is 16.3. The Bertz CT molecular complexity index is 763. The lowest BCUT2D eigenvalue weighted by molar-refractivity contribution is 0.0943. The van der Waals surface area contributed by atoms with E-state index in [9.17, 15) is 4.79 Å². The molecule has 0 aliphatic heterocycles. The summed E-state index contributed by atoms with van der Waals surface area (Å²) in [7, 11) is 0. The largest absolute Gasteiger partial charge is 0.347 e. The van der Waals surface area contributed by atoms with Crippen LogP contribution in [-0.4, -0.2) is 20.5 Å². The smallest absolute Gasteiger partial charge is 0.270 e. The normalized spacial score (nSPS) is 10.7. The Kier molecular flexibility index (Phi) is 3.16. The minimum Gasteiger partial charge on any atom is -0.347 e. The van der Waals surface area contributed by atoms with E-state index < -0.39 is 0 Å². The Labute approximate surface area is 116 Å². The van der Waals surface area contributed by atoms with E-state index in [0.717, 1.165) is 5.56 Å². The Morgan fingerprint density at radius 1 is 1.25 bits per heavy atom. The van der Waals surface area contributed by atoms with Gasteiger partial charge in [0.2, 0.25) is 0 Å². The summed E-state index contributed by atoms with van der Waals surface area (Å²) in [6, 6.07) is 11.5. The molecule has 0 spiro atoms. The van der Waals surface area contributed by atoms with Gasteiger partial charge in [-0.2, -0.15) is 5.10 Å². The number of rotatable bonds is 3. The summed E-state index contributed by atoms with van der Waals surface area (Å²) in [6.07, 6.45) is 3.23. The lowest BCUT2D eigenvalue weighted by Crippen LogP contribution is -2.25. The maximum atomic E-state index is 12.2. The van der Waals surface area contributed by atoms with Crippen LogP contribution in [0.15, 0.2) is 48.8 Å². The van der Waals surface area contributed by atoms with Crippen molar-refractivity contribution in [2.24, 2.45) is 0 Å². The van der Waals surface area contributed by atoms with Crippen molar-refractivity contribution in [2.45, 2.75) is 13.5 Å². The topological polar surface area (TPSA) is 59.3 Å². The first-order valence-corrected chi connectivity index (χ1v) is 6.36. The van der Waals surface area contributed by atoms with Crippen molar-refractivity contribution in [3.8, 4) is 0 Å². The third-order valence-corrected chi connectivity index (χ3v) is 3.06. The van der Waals surface area contributed by atoms with Crippen LogP contribution in [0.5, 0.6) is 0 Å². The molecule has 1 N–H and O–H groups in total. The molecule has 5 heteroatoms. The zero-order chi connectivity index (χ0) is 13.9. The molecule has 5 nitrogen and oxygen atoms in total.